The van der Waals surface area contributed by atoms with Crippen molar-refractivity contribution in [3.8, 4) is 5.75 Å². The summed E-state index contributed by atoms with van der Waals surface area (Å²) in [5.74, 6) is 1.58. The van der Waals surface area contributed by atoms with Gasteiger partial charge in [-0.2, -0.15) is 0 Å². The highest BCUT2D eigenvalue weighted by Crippen LogP contribution is 2.36. The van der Waals surface area contributed by atoms with Crippen LogP contribution in [0.3, 0.4) is 0 Å². The van der Waals surface area contributed by atoms with Crippen LogP contribution < -0.4 is 4.74 Å². The molecule has 0 radical (unpaired) electrons. The van der Waals surface area contributed by atoms with E-state index in [9.17, 15) is 0 Å². The Labute approximate surface area is 131 Å². The number of benzene rings is 1. The fourth-order valence-electron chi connectivity index (χ4n) is 2.35. The lowest BCUT2D eigenvalue weighted by atomic mass is 10.1. The van der Waals surface area contributed by atoms with E-state index in [1.807, 2.05) is 18.2 Å². The molecule has 5 heteroatoms. The van der Waals surface area contributed by atoms with Gasteiger partial charge in [0, 0.05) is 6.42 Å². The van der Waals surface area contributed by atoms with Gasteiger partial charge in [0.1, 0.15) is 10.9 Å². The predicted octanol–water partition coefficient (Wildman–Crippen LogP) is 4.52. The Morgan fingerprint density at radius 2 is 2.15 bits per heavy atom. The second kappa shape index (κ2) is 5.70. The molecule has 0 saturated carbocycles. The Morgan fingerprint density at radius 1 is 1.35 bits per heavy atom. The van der Waals surface area contributed by atoms with E-state index in [2.05, 4.69) is 38.9 Å². The summed E-state index contributed by atoms with van der Waals surface area (Å²) >= 11 is 9.65. The largest absolute Gasteiger partial charge is 0.482 e. The Balaban J connectivity index is 1.93. The number of halogens is 2. The van der Waals surface area contributed by atoms with Gasteiger partial charge in [-0.25, -0.2) is 9.97 Å². The van der Waals surface area contributed by atoms with Crippen molar-refractivity contribution < 1.29 is 4.74 Å². The van der Waals surface area contributed by atoms with Crippen LogP contribution in [-0.4, -0.2) is 9.97 Å². The number of hydrogen-bond acceptors (Lipinski definition) is 3. The minimum Gasteiger partial charge on any atom is -0.482 e. The Hall–Kier alpha value is -1.13. The maximum atomic E-state index is 6.19. The summed E-state index contributed by atoms with van der Waals surface area (Å²) in [5, 5.41) is 0.456. The fraction of sp³-hybridized carbons (Fsp3) is 0.333. The van der Waals surface area contributed by atoms with Crippen LogP contribution in [0, 0.1) is 0 Å². The number of aryl methyl sites for hydroxylation is 1. The van der Waals surface area contributed by atoms with Crippen molar-refractivity contribution in [2.45, 2.75) is 32.3 Å². The normalized spacial score (nSPS) is 16.9. The van der Waals surface area contributed by atoms with Crippen LogP contribution in [0.25, 0.3) is 0 Å². The summed E-state index contributed by atoms with van der Waals surface area (Å²) < 4.78 is 6.71. The molecule has 2 heterocycles. The quantitative estimate of drug-likeness (QED) is 0.761. The first-order valence-corrected chi connectivity index (χ1v) is 7.82. The van der Waals surface area contributed by atoms with Crippen molar-refractivity contribution in [2.24, 2.45) is 0 Å². The molecular weight excluding hydrogens is 340 g/mol. The van der Waals surface area contributed by atoms with E-state index in [1.165, 1.54) is 5.56 Å². The third kappa shape index (κ3) is 2.54. The van der Waals surface area contributed by atoms with Gasteiger partial charge in [-0.05, 0) is 34.0 Å². The molecule has 20 heavy (non-hydrogen) atoms. The summed E-state index contributed by atoms with van der Waals surface area (Å²) in [6, 6.07) is 8.03. The van der Waals surface area contributed by atoms with E-state index in [-0.39, 0.29) is 6.10 Å². The molecule has 1 aromatic heterocycles. The zero-order valence-corrected chi connectivity index (χ0v) is 13.4. The van der Waals surface area contributed by atoms with E-state index in [0.29, 0.717) is 11.0 Å². The van der Waals surface area contributed by atoms with Crippen LogP contribution in [0.1, 0.15) is 36.5 Å². The van der Waals surface area contributed by atoms with Crippen molar-refractivity contribution in [3.63, 3.8) is 0 Å². The number of ether oxygens (including phenoxy) is 1. The van der Waals surface area contributed by atoms with Crippen LogP contribution in [0.5, 0.6) is 5.75 Å². The summed E-state index contributed by atoms with van der Waals surface area (Å²) in [6.45, 7) is 2.12. The fourth-order valence-corrected chi connectivity index (χ4v) is 2.92. The van der Waals surface area contributed by atoms with Gasteiger partial charge >= 0.3 is 0 Å². The van der Waals surface area contributed by atoms with E-state index in [0.717, 1.165) is 35.2 Å². The Bertz CT molecular complexity index is 623. The predicted molar refractivity (Wildman–Crippen MR) is 82.3 cm³/mol. The van der Waals surface area contributed by atoms with Gasteiger partial charge in [0.25, 0.3) is 0 Å². The zero-order valence-electron chi connectivity index (χ0n) is 11.1. The van der Waals surface area contributed by atoms with Crippen molar-refractivity contribution in [1.29, 1.82) is 0 Å². The summed E-state index contributed by atoms with van der Waals surface area (Å²) in [6.07, 6.45) is 2.53. The van der Waals surface area contributed by atoms with Crippen LogP contribution in [-0.2, 0) is 12.8 Å². The molecule has 2 aromatic rings. The molecule has 0 aliphatic carbocycles. The first kappa shape index (κ1) is 13.8. The highest BCUT2D eigenvalue weighted by molar-refractivity contribution is 9.10. The monoisotopic (exact) mass is 352 g/mol. The van der Waals surface area contributed by atoms with Gasteiger partial charge in [0.15, 0.2) is 11.9 Å². The Morgan fingerprint density at radius 3 is 2.90 bits per heavy atom. The van der Waals surface area contributed by atoms with E-state index in [1.54, 1.807) is 0 Å². The van der Waals surface area contributed by atoms with Crippen molar-refractivity contribution in [3.05, 3.63) is 51.0 Å². The lowest BCUT2D eigenvalue weighted by Crippen LogP contribution is -2.11. The minimum atomic E-state index is -0.145. The molecule has 0 bridgehead atoms. The minimum absolute atomic E-state index is 0.145. The Kier molecular flexibility index (Phi) is 3.94. The van der Waals surface area contributed by atoms with Gasteiger partial charge in [-0.15, -0.1) is 0 Å². The second-order valence-corrected chi connectivity index (χ2v) is 5.95. The molecule has 0 fully saturated rings. The molecule has 1 aromatic carbocycles. The number of fused-ring (bicyclic) bond motifs is 1. The number of rotatable bonds is 3. The maximum absolute atomic E-state index is 6.19. The van der Waals surface area contributed by atoms with Crippen molar-refractivity contribution >= 4 is 27.5 Å². The van der Waals surface area contributed by atoms with E-state index in [4.69, 9.17) is 16.3 Å². The van der Waals surface area contributed by atoms with Gasteiger partial charge in [0.2, 0.25) is 0 Å². The second-order valence-electron chi connectivity index (χ2n) is 4.80. The molecule has 1 aliphatic heterocycles. The number of hydrogen-bond donors (Lipinski definition) is 0. The SMILES string of the molecule is CCCc1nc(C2Cc3ccccc3O2)nc(Cl)c1Br. The number of para-hydroxylation sites is 1. The molecule has 0 N–H and O–H groups in total. The zero-order chi connectivity index (χ0) is 14.1. The summed E-state index contributed by atoms with van der Waals surface area (Å²) in [4.78, 5) is 8.98. The van der Waals surface area contributed by atoms with E-state index < -0.39 is 0 Å². The standard InChI is InChI=1S/C15H14BrClN2O/c1-2-5-10-13(16)14(17)19-15(18-10)12-8-9-6-3-4-7-11(9)20-12/h3-4,6-7,12H,2,5,8H2,1H3. The smallest absolute Gasteiger partial charge is 0.171 e. The molecule has 3 rings (SSSR count). The molecule has 0 amide bonds. The molecule has 1 unspecified atom stereocenters. The first-order valence-electron chi connectivity index (χ1n) is 6.65. The molecule has 1 aliphatic rings. The molecular formula is C15H14BrClN2O. The third-order valence-electron chi connectivity index (χ3n) is 3.32. The highest BCUT2D eigenvalue weighted by Gasteiger charge is 2.27. The van der Waals surface area contributed by atoms with Crippen molar-refractivity contribution in [1.82, 2.24) is 9.97 Å². The van der Waals surface area contributed by atoms with Crippen LogP contribution in [0.2, 0.25) is 5.15 Å². The molecule has 3 nitrogen and oxygen atoms in total. The summed E-state index contributed by atoms with van der Waals surface area (Å²) in [7, 11) is 0. The highest BCUT2D eigenvalue weighted by atomic mass is 79.9. The summed E-state index contributed by atoms with van der Waals surface area (Å²) in [5.41, 5.74) is 2.14. The maximum Gasteiger partial charge on any atom is 0.171 e. The third-order valence-corrected chi connectivity index (χ3v) is 4.65. The first-order chi connectivity index (χ1) is 9.69. The average molecular weight is 354 g/mol. The lowest BCUT2D eigenvalue weighted by molar-refractivity contribution is 0.227. The topological polar surface area (TPSA) is 35.0 Å². The van der Waals surface area contributed by atoms with Gasteiger partial charge in [0.05, 0.1) is 10.2 Å². The molecule has 0 saturated heterocycles. The van der Waals surface area contributed by atoms with Gasteiger partial charge in [-0.3, -0.25) is 0 Å². The van der Waals surface area contributed by atoms with Crippen molar-refractivity contribution in [2.75, 3.05) is 0 Å². The molecule has 0 spiro atoms. The molecule has 1 atom stereocenters. The molecule has 104 valence electrons. The van der Waals surface area contributed by atoms with Crippen LogP contribution in [0.4, 0.5) is 0 Å². The lowest BCUT2D eigenvalue weighted by Gasteiger charge is -2.12. The van der Waals surface area contributed by atoms with Crippen LogP contribution >= 0.6 is 27.5 Å². The van der Waals surface area contributed by atoms with Gasteiger partial charge < -0.3 is 4.74 Å². The van der Waals surface area contributed by atoms with Gasteiger partial charge in [-0.1, -0.05) is 43.1 Å². The number of nitrogens with zero attached hydrogens (tertiary/aromatic N) is 2. The number of aromatic nitrogens is 2. The van der Waals surface area contributed by atoms with E-state index >= 15 is 0 Å². The average Bonchev–Trinajstić information content (AvgIpc) is 2.87. The van der Waals surface area contributed by atoms with Crippen LogP contribution in [0.15, 0.2) is 28.7 Å².